The molecular weight excluding hydrogens is 372 g/mol. The van der Waals surface area contributed by atoms with Gasteiger partial charge in [-0.3, -0.25) is 4.79 Å². The fourth-order valence-electron chi connectivity index (χ4n) is 3.09. The smallest absolute Gasteiger partial charge is 0.243 e. The van der Waals surface area contributed by atoms with Crippen LogP contribution in [0.25, 0.3) is 0 Å². The molecule has 0 aliphatic carbocycles. The zero-order valence-electron chi connectivity index (χ0n) is 14.5. The molecule has 2 aromatic carbocycles. The van der Waals surface area contributed by atoms with Crippen molar-refractivity contribution in [2.45, 2.75) is 37.1 Å². The number of sulfonamides is 1. The van der Waals surface area contributed by atoms with Gasteiger partial charge in [-0.25, -0.2) is 8.42 Å². The van der Waals surface area contributed by atoms with Gasteiger partial charge in [-0.15, -0.1) is 0 Å². The molecule has 0 saturated carbocycles. The summed E-state index contributed by atoms with van der Waals surface area (Å²) in [6, 6.07) is 12.8. The van der Waals surface area contributed by atoms with E-state index in [9.17, 15) is 13.2 Å². The van der Waals surface area contributed by atoms with Crippen LogP contribution in [-0.4, -0.2) is 31.2 Å². The quantitative estimate of drug-likeness (QED) is 0.859. The number of nitrogens with one attached hydrogen (secondary N) is 1. The molecule has 0 bridgehead atoms. The first kappa shape index (κ1) is 18.9. The van der Waals surface area contributed by atoms with Crippen LogP contribution in [0.4, 0.5) is 5.69 Å². The molecule has 26 heavy (non-hydrogen) atoms. The van der Waals surface area contributed by atoms with E-state index in [-0.39, 0.29) is 10.8 Å². The topological polar surface area (TPSA) is 66.5 Å². The lowest BCUT2D eigenvalue weighted by atomic mass is 10.0. The van der Waals surface area contributed by atoms with Gasteiger partial charge in [0.15, 0.2) is 0 Å². The van der Waals surface area contributed by atoms with Crippen LogP contribution in [0.3, 0.4) is 0 Å². The second-order valence-electron chi connectivity index (χ2n) is 6.44. The lowest BCUT2D eigenvalue weighted by Gasteiger charge is -2.33. The van der Waals surface area contributed by atoms with E-state index in [2.05, 4.69) is 5.32 Å². The van der Waals surface area contributed by atoms with Gasteiger partial charge < -0.3 is 5.32 Å². The maximum absolute atomic E-state index is 13.0. The first-order valence-electron chi connectivity index (χ1n) is 8.53. The molecule has 0 aromatic heterocycles. The van der Waals surface area contributed by atoms with E-state index < -0.39 is 16.1 Å². The van der Waals surface area contributed by atoms with Crippen molar-refractivity contribution in [1.82, 2.24) is 4.31 Å². The van der Waals surface area contributed by atoms with Crippen molar-refractivity contribution in [1.29, 1.82) is 0 Å². The second kappa shape index (κ2) is 7.78. The van der Waals surface area contributed by atoms with Crippen LogP contribution in [0.1, 0.15) is 24.8 Å². The van der Waals surface area contributed by atoms with Crippen LogP contribution in [0.15, 0.2) is 53.4 Å². The van der Waals surface area contributed by atoms with E-state index >= 15 is 0 Å². The predicted molar refractivity (Wildman–Crippen MR) is 103 cm³/mol. The fourth-order valence-corrected chi connectivity index (χ4v) is 4.94. The average molecular weight is 393 g/mol. The number of benzene rings is 2. The Morgan fingerprint density at radius 3 is 2.58 bits per heavy atom. The number of piperidine rings is 1. The molecule has 5 nitrogen and oxygen atoms in total. The number of rotatable bonds is 4. The summed E-state index contributed by atoms with van der Waals surface area (Å²) in [5, 5.41) is 3.30. The van der Waals surface area contributed by atoms with Gasteiger partial charge in [0.05, 0.1) is 4.90 Å². The average Bonchev–Trinajstić information content (AvgIpc) is 2.62. The predicted octanol–water partition coefficient (Wildman–Crippen LogP) is 3.83. The van der Waals surface area contributed by atoms with Gasteiger partial charge in [-0.1, -0.05) is 41.8 Å². The number of hydrogen-bond acceptors (Lipinski definition) is 3. The highest BCUT2D eigenvalue weighted by Crippen LogP contribution is 2.27. The first-order valence-corrected chi connectivity index (χ1v) is 10.3. The highest BCUT2D eigenvalue weighted by molar-refractivity contribution is 7.89. The van der Waals surface area contributed by atoms with E-state index in [1.54, 1.807) is 48.5 Å². The van der Waals surface area contributed by atoms with Gasteiger partial charge in [0.1, 0.15) is 6.04 Å². The molecule has 138 valence electrons. The third-order valence-electron chi connectivity index (χ3n) is 4.48. The normalized spacial score (nSPS) is 18.5. The van der Waals surface area contributed by atoms with Crippen LogP contribution in [0.5, 0.6) is 0 Å². The molecule has 1 saturated heterocycles. The number of halogens is 1. The molecule has 1 atom stereocenters. The van der Waals surface area contributed by atoms with Gasteiger partial charge in [0.2, 0.25) is 15.9 Å². The lowest BCUT2D eigenvalue weighted by Crippen LogP contribution is -2.49. The summed E-state index contributed by atoms with van der Waals surface area (Å²) in [6.07, 6.45) is 2.05. The Bertz CT molecular complexity index is 897. The summed E-state index contributed by atoms with van der Waals surface area (Å²) in [4.78, 5) is 13.0. The molecule has 0 unspecified atom stereocenters. The Labute approximate surface area is 159 Å². The molecule has 2 aromatic rings. The molecule has 0 radical (unpaired) electrons. The summed E-state index contributed by atoms with van der Waals surface area (Å²) in [6.45, 7) is 2.24. The van der Waals surface area contributed by atoms with Gasteiger partial charge >= 0.3 is 0 Å². The number of carbonyl (C=O) groups is 1. The number of amides is 1. The van der Waals surface area contributed by atoms with Crippen molar-refractivity contribution in [3.8, 4) is 0 Å². The molecule has 1 amide bonds. The van der Waals surface area contributed by atoms with Crippen LogP contribution in [-0.2, 0) is 14.8 Å². The van der Waals surface area contributed by atoms with E-state index in [1.165, 1.54) is 4.31 Å². The molecule has 7 heteroatoms. The summed E-state index contributed by atoms with van der Waals surface area (Å²) in [5.41, 5.74) is 1.54. The Balaban J connectivity index is 1.85. The minimum atomic E-state index is -3.73. The van der Waals surface area contributed by atoms with Crippen LogP contribution in [0.2, 0.25) is 5.02 Å². The maximum Gasteiger partial charge on any atom is 0.243 e. The van der Waals surface area contributed by atoms with Gasteiger partial charge in [-0.05, 0) is 50.1 Å². The number of anilines is 1. The van der Waals surface area contributed by atoms with Crippen LogP contribution in [0, 0.1) is 6.92 Å². The standard InChI is InChI=1S/C19H21ClN2O3S/c1-14-8-10-17(11-9-14)26(24,25)22-12-3-2-7-18(22)19(23)21-16-6-4-5-15(20)13-16/h4-6,8-11,13,18H,2-3,7,12H2,1H3,(H,21,23)/t18-/m0/s1. The molecule has 1 fully saturated rings. The minimum Gasteiger partial charge on any atom is -0.325 e. The SMILES string of the molecule is Cc1ccc(S(=O)(=O)N2CCCC[C@H]2C(=O)Nc2cccc(Cl)c2)cc1. The molecule has 1 heterocycles. The van der Waals surface area contributed by atoms with E-state index in [4.69, 9.17) is 11.6 Å². The Hall–Kier alpha value is -1.89. The minimum absolute atomic E-state index is 0.213. The zero-order chi connectivity index (χ0) is 18.7. The highest BCUT2D eigenvalue weighted by Gasteiger charge is 2.37. The van der Waals surface area contributed by atoms with Crippen molar-refractivity contribution in [3.05, 3.63) is 59.1 Å². The second-order valence-corrected chi connectivity index (χ2v) is 8.77. The molecule has 3 rings (SSSR count). The highest BCUT2D eigenvalue weighted by atomic mass is 35.5. The lowest BCUT2D eigenvalue weighted by molar-refractivity contribution is -0.120. The summed E-state index contributed by atoms with van der Waals surface area (Å²) in [7, 11) is -3.73. The van der Waals surface area contributed by atoms with E-state index in [0.717, 1.165) is 18.4 Å². The molecule has 1 N–H and O–H groups in total. The molecule has 0 spiro atoms. The number of carbonyl (C=O) groups excluding carboxylic acids is 1. The Morgan fingerprint density at radius 1 is 1.15 bits per heavy atom. The van der Waals surface area contributed by atoms with Gasteiger partial charge in [0.25, 0.3) is 0 Å². The van der Waals surface area contributed by atoms with Crippen molar-refractivity contribution >= 4 is 33.2 Å². The van der Waals surface area contributed by atoms with Gasteiger partial charge in [-0.2, -0.15) is 4.31 Å². The van der Waals surface area contributed by atoms with Crippen molar-refractivity contribution in [3.63, 3.8) is 0 Å². The maximum atomic E-state index is 13.0. The monoisotopic (exact) mass is 392 g/mol. The number of nitrogens with zero attached hydrogens (tertiary/aromatic N) is 1. The molecule has 1 aliphatic heterocycles. The number of hydrogen-bond donors (Lipinski definition) is 1. The molecular formula is C19H21ClN2O3S. The Morgan fingerprint density at radius 2 is 1.88 bits per heavy atom. The van der Waals surface area contributed by atoms with Crippen LogP contribution < -0.4 is 5.32 Å². The fraction of sp³-hybridized carbons (Fsp3) is 0.316. The first-order chi connectivity index (χ1) is 12.4. The summed E-state index contributed by atoms with van der Waals surface area (Å²) in [5.74, 6) is -0.331. The Kier molecular flexibility index (Phi) is 5.65. The largest absolute Gasteiger partial charge is 0.325 e. The van der Waals surface area contributed by atoms with E-state index in [1.807, 2.05) is 6.92 Å². The van der Waals surface area contributed by atoms with Crippen molar-refractivity contribution in [2.24, 2.45) is 0 Å². The zero-order valence-corrected chi connectivity index (χ0v) is 16.1. The van der Waals surface area contributed by atoms with Crippen LogP contribution >= 0.6 is 11.6 Å². The van der Waals surface area contributed by atoms with Crippen molar-refractivity contribution < 1.29 is 13.2 Å². The third kappa shape index (κ3) is 4.09. The third-order valence-corrected chi connectivity index (χ3v) is 6.63. The number of aryl methyl sites for hydroxylation is 1. The molecule has 1 aliphatic rings. The van der Waals surface area contributed by atoms with E-state index in [0.29, 0.717) is 23.7 Å². The van der Waals surface area contributed by atoms with Crippen molar-refractivity contribution in [2.75, 3.05) is 11.9 Å². The summed E-state index contributed by atoms with van der Waals surface area (Å²) < 4.78 is 27.4. The van der Waals surface area contributed by atoms with Gasteiger partial charge in [0, 0.05) is 17.3 Å². The summed E-state index contributed by atoms with van der Waals surface area (Å²) >= 11 is 5.95.